The number of nitrogens with zero attached hydrogens (tertiary/aromatic N) is 2. The molecule has 0 aromatic rings. The fourth-order valence-corrected chi connectivity index (χ4v) is 3.59. The summed E-state index contributed by atoms with van der Waals surface area (Å²) in [6.07, 6.45) is 9.25. The van der Waals surface area contributed by atoms with Crippen LogP contribution in [0.1, 0.15) is 72.1 Å². The second kappa shape index (κ2) is 15.3. The van der Waals surface area contributed by atoms with Gasteiger partial charge in [0.1, 0.15) is 0 Å². The number of carbonyl (C=O) groups is 1. The summed E-state index contributed by atoms with van der Waals surface area (Å²) >= 11 is 0. The Hall–Kier alpha value is -0.570. The Kier molecular flexibility index (Phi) is 15.0. The van der Waals surface area contributed by atoms with Gasteiger partial charge in [-0.15, -0.1) is 24.0 Å². The minimum atomic E-state index is -0.133. The number of hydrogen-bond acceptors (Lipinski definition) is 3. The Balaban J connectivity index is 0.00000729. The van der Waals surface area contributed by atoms with E-state index < -0.39 is 0 Å². The van der Waals surface area contributed by atoms with E-state index in [0.717, 1.165) is 64.4 Å². The molecule has 4 N–H and O–H groups in total. The Morgan fingerprint density at radius 2 is 1.82 bits per heavy atom. The predicted molar refractivity (Wildman–Crippen MR) is 130 cm³/mol. The molecule has 1 heterocycles. The van der Waals surface area contributed by atoms with E-state index in [-0.39, 0.29) is 35.8 Å². The molecule has 28 heavy (non-hydrogen) atoms. The minimum absolute atomic E-state index is 0. The van der Waals surface area contributed by atoms with Crippen LogP contribution in [-0.4, -0.2) is 56.5 Å². The van der Waals surface area contributed by atoms with E-state index in [9.17, 15) is 4.79 Å². The summed E-state index contributed by atoms with van der Waals surface area (Å²) < 4.78 is 0. The van der Waals surface area contributed by atoms with Crippen molar-refractivity contribution >= 4 is 35.8 Å². The number of nitrogens with one attached hydrogen (secondary N) is 2. The molecule has 0 saturated carbocycles. The van der Waals surface area contributed by atoms with Gasteiger partial charge in [-0.25, -0.2) is 0 Å². The van der Waals surface area contributed by atoms with Gasteiger partial charge in [-0.3, -0.25) is 9.79 Å². The van der Waals surface area contributed by atoms with Crippen molar-refractivity contribution in [2.24, 2.45) is 22.1 Å². The highest BCUT2D eigenvalue weighted by atomic mass is 127. The zero-order valence-electron chi connectivity index (χ0n) is 18.6. The molecule has 166 valence electrons. The van der Waals surface area contributed by atoms with E-state index in [0.29, 0.717) is 5.41 Å². The number of primary amides is 1. The molecule has 0 radical (unpaired) electrons. The zero-order valence-corrected chi connectivity index (χ0v) is 20.9. The predicted octanol–water partition coefficient (Wildman–Crippen LogP) is 3.35. The van der Waals surface area contributed by atoms with Gasteiger partial charge in [-0.05, 0) is 57.2 Å². The van der Waals surface area contributed by atoms with Crippen LogP contribution in [0.25, 0.3) is 0 Å². The summed E-state index contributed by atoms with van der Waals surface area (Å²) in [6.45, 7) is 11.9. The lowest BCUT2D eigenvalue weighted by molar-refractivity contribution is -0.123. The first-order valence-corrected chi connectivity index (χ1v) is 10.8. The summed E-state index contributed by atoms with van der Waals surface area (Å²) in [7, 11) is 1.84. The van der Waals surface area contributed by atoms with Crippen molar-refractivity contribution in [2.45, 2.75) is 72.1 Å². The zero-order chi connectivity index (χ0) is 20.1. The molecule has 1 saturated heterocycles. The third-order valence-corrected chi connectivity index (χ3v) is 5.60. The summed E-state index contributed by atoms with van der Waals surface area (Å²) in [5, 5.41) is 6.91. The monoisotopic (exact) mass is 509 g/mol. The minimum Gasteiger partial charge on any atom is -0.369 e. The molecule has 1 aliphatic rings. The van der Waals surface area contributed by atoms with Gasteiger partial charge in [0.2, 0.25) is 5.91 Å². The average molecular weight is 510 g/mol. The largest absolute Gasteiger partial charge is 0.369 e. The van der Waals surface area contributed by atoms with Crippen molar-refractivity contribution in [3.8, 4) is 0 Å². The Morgan fingerprint density at radius 1 is 1.14 bits per heavy atom. The molecule has 1 amide bonds. The highest BCUT2D eigenvalue weighted by molar-refractivity contribution is 14.0. The van der Waals surface area contributed by atoms with E-state index in [1.54, 1.807) is 0 Å². The van der Waals surface area contributed by atoms with Crippen molar-refractivity contribution in [1.29, 1.82) is 0 Å². The Morgan fingerprint density at radius 3 is 2.39 bits per heavy atom. The molecule has 1 rings (SSSR count). The van der Waals surface area contributed by atoms with Gasteiger partial charge in [-0.2, -0.15) is 0 Å². The van der Waals surface area contributed by atoms with Crippen molar-refractivity contribution < 1.29 is 4.79 Å². The smallest absolute Gasteiger partial charge is 0.220 e. The van der Waals surface area contributed by atoms with Crippen molar-refractivity contribution in [3.63, 3.8) is 0 Å². The maximum absolute atomic E-state index is 11.2. The number of aliphatic imine (C=N–C) groups is 1. The fraction of sp³-hybridized carbons (Fsp3) is 0.905. The molecule has 1 fully saturated rings. The average Bonchev–Trinajstić information content (AvgIpc) is 2.64. The maximum Gasteiger partial charge on any atom is 0.220 e. The maximum atomic E-state index is 11.2. The first-order valence-electron chi connectivity index (χ1n) is 10.8. The number of nitrogens with two attached hydrogens (primary N) is 1. The number of rotatable bonds is 12. The Labute approximate surface area is 189 Å². The molecule has 0 aliphatic carbocycles. The van der Waals surface area contributed by atoms with Crippen LogP contribution in [0.4, 0.5) is 0 Å². The van der Waals surface area contributed by atoms with E-state index >= 15 is 0 Å². The molecular formula is C21H44IN5O. The van der Waals surface area contributed by atoms with Gasteiger partial charge < -0.3 is 21.3 Å². The van der Waals surface area contributed by atoms with Crippen LogP contribution in [0, 0.1) is 11.3 Å². The summed E-state index contributed by atoms with van der Waals surface area (Å²) in [4.78, 5) is 18.0. The molecule has 6 nitrogen and oxygen atoms in total. The second-order valence-corrected chi connectivity index (χ2v) is 8.70. The molecule has 0 spiro atoms. The molecule has 7 heteroatoms. The molecule has 0 atom stereocenters. The molecule has 0 aromatic carbocycles. The number of guanidine groups is 1. The van der Waals surface area contributed by atoms with Gasteiger partial charge in [-0.1, -0.05) is 40.0 Å². The van der Waals surface area contributed by atoms with Crippen LogP contribution >= 0.6 is 24.0 Å². The summed E-state index contributed by atoms with van der Waals surface area (Å²) in [5.74, 6) is 0.857. The number of unbranched alkanes of at least 4 members (excludes halogenated alkanes) is 3. The van der Waals surface area contributed by atoms with E-state index in [2.05, 4.69) is 41.3 Å². The lowest BCUT2D eigenvalue weighted by Crippen LogP contribution is -2.42. The number of likely N-dealkylation sites (tertiary alicyclic amines) is 1. The normalized spacial score (nSPS) is 16.5. The second-order valence-electron chi connectivity index (χ2n) is 8.70. The lowest BCUT2D eigenvalue weighted by atomic mass is 9.87. The fourth-order valence-electron chi connectivity index (χ4n) is 3.59. The third-order valence-electron chi connectivity index (χ3n) is 5.60. The van der Waals surface area contributed by atoms with E-state index in [1.165, 1.54) is 25.7 Å². The van der Waals surface area contributed by atoms with Crippen LogP contribution in [0.2, 0.25) is 0 Å². The van der Waals surface area contributed by atoms with Crippen molar-refractivity contribution in [2.75, 3.05) is 39.8 Å². The molecular weight excluding hydrogens is 465 g/mol. The van der Waals surface area contributed by atoms with Gasteiger partial charge in [0.15, 0.2) is 5.96 Å². The van der Waals surface area contributed by atoms with Crippen LogP contribution in [0.15, 0.2) is 4.99 Å². The number of piperidine rings is 1. The topological polar surface area (TPSA) is 82.8 Å². The van der Waals surface area contributed by atoms with Crippen LogP contribution in [-0.2, 0) is 4.79 Å². The van der Waals surface area contributed by atoms with Gasteiger partial charge >= 0.3 is 0 Å². The highest BCUT2D eigenvalue weighted by Crippen LogP contribution is 2.22. The molecule has 0 bridgehead atoms. The SMILES string of the molecule is CCCCCC(C)(C)CNC(=NC)NCCCCN1CCC(C(N)=O)CC1.I. The molecule has 0 aromatic heterocycles. The van der Waals surface area contributed by atoms with Gasteiger partial charge in [0.25, 0.3) is 0 Å². The van der Waals surface area contributed by atoms with E-state index in [1.807, 2.05) is 7.05 Å². The van der Waals surface area contributed by atoms with Crippen molar-refractivity contribution in [3.05, 3.63) is 0 Å². The van der Waals surface area contributed by atoms with Crippen LogP contribution < -0.4 is 16.4 Å². The van der Waals surface area contributed by atoms with Crippen molar-refractivity contribution in [1.82, 2.24) is 15.5 Å². The first-order chi connectivity index (χ1) is 12.9. The number of carbonyl (C=O) groups excluding carboxylic acids is 1. The highest BCUT2D eigenvalue weighted by Gasteiger charge is 2.22. The number of amides is 1. The standard InChI is InChI=1S/C21H43N5O.HI/c1-5-6-7-12-21(2,3)17-25-20(23-4)24-13-8-9-14-26-15-10-18(11-16-26)19(22)27;/h18H,5-17H2,1-4H3,(H2,22,27)(H2,23,24,25);1H. The van der Waals surface area contributed by atoms with Crippen LogP contribution in [0.3, 0.4) is 0 Å². The molecule has 1 aliphatic heterocycles. The first kappa shape index (κ1) is 27.4. The quantitative estimate of drug-likeness (QED) is 0.163. The van der Waals surface area contributed by atoms with Gasteiger partial charge in [0.05, 0.1) is 0 Å². The summed E-state index contributed by atoms with van der Waals surface area (Å²) in [5.41, 5.74) is 5.69. The number of hydrogen-bond donors (Lipinski definition) is 3. The molecule has 0 unspecified atom stereocenters. The van der Waals surface area contributed by atoms with E-state index in [4.69, 9.17) is 5.73 Å². The Bertz CT molecular complexity index is 448. The third kappa shape index (κ3) is 12.1. The number of halogens is 1. The summed E-state index contributed by atoms with van der Waals surface area (Å²) in [6, 6.07) is 0. The van der Waals surface area contributed by atoms with Gasteiger partial charge in [0, 0.05) is 26.1 Å². The lowest BCUT2D eigenvalue weighted by Gasteiger charge is -2.30. The van der Waals surface area contributed by atoms with Crippen LogP contribution in [0.5, 0.6) is 0 Å².